The molecule has 1 unspecified atom stereocenters. The van der Waals surface area contributed by atoms with Gasteiger partial charge in [0.1, 0.15) is 0 Å². The second-order valence-electron chi connectivity index (χ2n) is 3.64. The van der Waals surface area contributed by atoms with Gasteiger partial charge in [-0.25, -0.2) is 4.99 Å². The predicted octanol–water partition coefficient (Wildman–Crippen LogP) is 4.09. The third-order valence-electron chi connectivity index (χ3n) is 2.53. The van der Waals surface area contributed by atoms with Crippen LogP contribution in [0.15, 0.2) is 44.7 Å². The molecule has 1 atom stereocenters. The summed E-state index contributed by atoms with van der Waals surface area (Å²) in [6.07, 6.45) is 2.11. The fourth-order valence-electron chi connectivity index (χ4n) is 1.70. The second-order valence-corrected chi connectivity index (χ2v) is 5.56. The minimum absolute atomic E-state index is 0.0184. The maximum Gasteiger partial charge on any atom is 0.196 e. The van der Waals surface area contributed by atoms with Gasteiger partial charge in [-0.15, -0.1) is 0 Å². The highest BCUT2D eigenvalue weighted by molar-refractivity contribution is 7.08. The highest BCUT2D eigenvalue weighted by Crippen LogP contribution is 2.29. The van der Waals surface area contributed by atoms with Crippen molar-refractivity contribution in [1.82, 2.24) is 5.32 Å². The van der Waals surface area contributed by atoms with Crippen molar-refractivity contribution in [3.63, 3.8) is 0 Å². The van der Waals surface area contributed by atoms with Crippen LogP contribution in [0.25, 0.3) is 5.70 Å². The Labute approximate surface area is 112 Å². The van der Waals surface area contributed by atoms with Gasteiger partial charge in [-0.1, -0.05) is 0 Å². The van der Waals surface area contributed by atoms with Gasteiger partial charge in [-0.3, -0.25) is 0 Å². The minimum Gasteiger partial charge on any atom is -0.330 e. The van der Waals surface area contributed by atoms with E-state index in [4.69, 9.17) is 11.6 Å². The molecule has 2 aromatic heterocycles. The zero-order valence-corrected chi connectivity index (χ0v) is 11.1. The Bertz CT molecular complexity index is 555. The lowest BCUT2D eigenvalue weighted by Gasteiger charge is -2.18. The summed E-state index contributed by atoms with van der Waals surface area (Å²) in [5, 5.41) is 11.9. The second kappa shape index (κ2) is 4.64. The molecule has 2 aromatic rings. The number of amidine groups is 1. The summed E-state index contributed by atoms with van der Waals surface area (Å²) in [5.74, 6) is 0. The molecule has 0 spiro atoms. The maximum atomic E-state index is 6.04. The van der Waals surface area contributed by atoms with Crippen molar-refractivity contribution in [2.45, 2.75) is 6.04 Å². The van der Waals surface area contributed by atoms with Crippen LogP contribution in [-0.4, -0.2) is 5.29 Å². The molecule has 0 radical (unpaired) electrons. The number of halogens is 1. The van der Waals surface area contributed by atoms with Crippen molar-refractivity contribution < 1.29 is 0 Å². The molecule has 0 amide bonds. The lowest BCUT2D eigenvalue weighted by atomic mass is 10.1. The highest BCUT2D eigenvalue weighted by Gasteiger charge is 2.17. The molecular weight excluding hydrogens is 272 g/mol. The molecule has 5 heteroatoms. The van der Waals surface area contributed by atoms with Crippen molar-refractivity contribution in [2.75, 3.05) is 0 Å². The average Bonchev–Trinajstić information content (AvgIpc) is 3.02. The van der Waals surface area contributed by atoms with Crippen molar-refractivity contribution in [1.29, 1.82) is 0 Å². The van der Waals surface area contributed by atoms with Crippen molar-refractivity contribution in [2.24, 2.45) is 4.99 Å². The number of thiophene rings is 2. The van der Waals surface area contributed by atoms with Crippen LogP contribution >= 0.6 is 34.3 Å². The van der Waals surface area contributed by atoms with Crippen LogP contribution in [0, 0.1) is 0 Å². The molecule has 0 saturated carbocycles. The number of hydrogen-bond acceptors (Lipinski definition) is 4. The predicted molar refractivity (Wildman–Crippen MR) is 75.8 cm³/mol. The summed E-state index contributed by atoms with van der Waals surface area (Å²) in [6, 6.07) is 4.17. The van der Waals surface area contributed by atoms with Crippen molar-refractivity contribution in [3.05, 3.63) is 50.9 Å². The molecule has 1 aliphatic heterocycles. The normalized spacial score (nSPS) is 19.5. The minimum atomic E-state index is 0.0184. The van der Waals surface area contributed by atoms with Gasteiger partial charge < -0.3 is 5.32 Å². The Morgan fingerprint density at radius 2 is 2.00 bits per heavy atom. The molecule has 17 heavy (non-hydrogen) atoms. The Morgan fingerprint density at radius 1 is 1.18 bits per heavy atom. The summed E-state index contributed by atoms with van der Waals surface area (Å²) in [5.41, 5.74) is 3.37. The first-order valence-electron chi connectivity index (χ1n) is 5.10. The van der Waals surface area contributed by atoms with Crippen LogP contribution in [0.5, 0.6) is 0 Å². The lowest BCUT2D eigenvalue weighted by molar-refractivity contribution is 0.893. The highest BCUT2D eigenvalue weighted by atomic mass is 35.5. The third kappa shape index (κ3) is 2.29. The summed E-state index contributed by atoms with van der Waals surface area (Å²) in [7, 11) is 0. The van der Waals surface area contributed by atoms with Crippen LogP contribution in [0.1, 0.15) is 17.2 Å². The Balaban J connectivity index is 1.97. The van der Waals surface area contributed by atoms with Gasteiger partial charge in [0.15, 0.2) is 5.29 Å². The third-order valence-corrected chi connectivity index (χ3v) is 4.11. The average molecular weight is 281 g/mol. The molecule has 2 nitrogen and oxygen atoms in total. The molecule has 0 saturated heterocycles. The van der Waals surface area contributed by atoms with Crippen LogP contribution in [0.4, 0.5) is 0 Å². The van der Waals surface area contributed by atoms with Crippen LogP contribution < -0.4 is 5.32 Å². The van der Waals surface area contributed by atoms with Crippen molar-refractivity contribution >= 4 is 45.3 Å². The van der Waals surface area contributed by atoms with Crippen LogP contribution in [0.2, 0.25) is 0 Å². The van der Waals surface area contributed by atoms with Gasteiger partial charge in [0.25, 0.3) is 0 Å². The fourth-order valence-corrected chi connectivity index (χ4v) is 3.25. The smallest absolute Gasteiger partial charge is 0.196 e. The van der Waals surface area contributed by atoms with E-state index < -0.39 is 0 Å². The number of rotatable bonds is 2. The molecule has 0 bridgehead atoms. The molecular formula is C12H9ClN2S2. The molecule has 86 valence electrons. The van der Waals surface area contributed by atoms with Gasteiger partial charge in [-0.05, 0) is 51.5 Å². The van der Waals surface area contributed by atoms with Gasteiger partial charge in [0.05, 0.1) is 6.04 Å². The molecule has 0 aliphatic carbocycles. The molecule has 3 heterocycles. The van der Waals surface area contributed by atoms with E-state index in [-0.39, 0.29) is 6.04 Å². The number of nitrogens with zero attached hydrogens (tertiary/aromatic N) is 1. The molecule has 0 aromatic carbocycles. The SMILES string of the molecule is ClC1=NC(c2ccsc2)C=C(c2ccsc2)N1. The molecule has 1 aliphatic rings. The first-order chi connectivity index (χ1) is 8.33. The summed E-state index contributed by atoms with van der Waals surface area (Å²) in [6.45, 7) is 0. The molecule has 0 fully saturated rings. The van der Waals surface area contributed by atoms with E-state index in [1.54, 1.807) is 22.7 Å². The summed E-state index contributed by atoms with van der Waals surface area (Å²) in [4.78, 5) is 4.39. The van der Waals surface area contributed by atoms with Crippen LogP contribution in [0.3, 0.4) is 0 Å². The Hall–Kier alpha value is -1.10. The van der Waals surface area contributed by atoms with E-state index in [1.165, 1.54) is 5.56 Å². The van der Waals surface area contributed by atoms with Gasteiger partial charge in [0.2, 0.25) is 0 Å². The number of aliphatic imine (C=N–C) groups is 1. The van der Waals surface area contributed by atoms with Crippen molar-refractivity contribution in [3.8, 4) is 0 Å². The standard InChI is InChI=1S/C12H9ClN2S2/c13-12-14-10(8-1-3-16-6-8)5-11(15-12)9-2-4-17-7-9/h1-7,10H,(H,14,15). The maximum absolute atomic E-state index is 6.04. The van der Waals surface area contributed by atoms with Gasteiger partial charge >= 0.3 is 0 Å². The first-order valence-corrected chi connectivity index (χ1v) is 7.36. The number of nitrogens with one attached hydrogen (secondary N) is 1. The zero-order chi connectivity index (χ0) is 11.7. The van der Waals surface area contributed by atoms with Crippen LogP contribution in [-0.2, 0) is 0 Å². The lowest BCUT2D eigenvalue weighted by Crippen LogP contribution is -2.21. The first kappa shape index (κ1) is 11.0. The summed E-state index contributed by atoms with van der Waals surface area (Å²) >= 11 is 9.39. The molecule has 1 N–H and O–H groups in total. The van der Waals surface area contributed by atoms with Gasteiger partial charge in [-0.2, -0.15) is 22.7 Å². The monoisotopic (exact) mass is 280 g/mol. The van der Waals surface area contributed by atoms with Gasteiger partial charge in [0, 0.05) is 16.6 Å². The Morgan fingerprint density at radius 3 is 2.71 bits per heavy atom. The van der Waals surface area contributed by atoms with E-state index in [1.807, 2.05) is 0 Å². The fraction of sp³-hybridized carbons (Fsp3) is 0.0833. The van der Waals surface area contributed by atoms with E-state index in [9.17, 15) is 0 Å². The van der Waals surface area contributed by atoms with E-state index in [0.717, 1.165) is 11.3 Å². The van der Waals surface area contributed by atoms with E-state index in [2.05, 4.69) is 50.0 Å². The quantitative estimate of drug-likeness (QED) is 0.823. The topological polar surface area (TPSA) is 24.4 Å². The largest absolute Gasteiger partial charge is 0.330 e. The Kier molecular flexibility index (Phi) is 3.01. The van der Waals surface area contributed by atoms with E-state index >= 15 is 0 Å². The number of hydrogen-bond donors (Lipinski definition) is 1. The summed E-state index contributed by atoms with van der Waals surface area (Å²) < 4.78 is 0. The zero-order valence-electron chi connectivity index (χ0n) is 8.76. The van der Waals surface area contributed by atoms with E-state index in [0.29, 0.717) is 5.29 Å². The molecule has 3 rings (SSSR count).